The van der Waals surface area contributed by atoms with Gasteiger partial charge in [0, 0.05) is 12.1 Å². The molecule has 2 heterocycles. The summed E-state index contributed by atoms with van der Waals surface area (Å²) < 4.78 is 1.96. The number of fused-ring (bicyclic) bond motifs is 1. The Balaban J connectivity index is 2.23. The van der Waals surface area contributed by atoms with E-state index in [0.717, 1.165) is 30.6 Å². The van der Waals surface area contributed by atoms with E-state index in [1.807, 2.05) is 22.8 Å². The zero-order valence-corrected chi connectivity index (χ0v) is 10.3. The van der Waals surface area contributed by atoms with Gasteiger partial charge in [0.2, 0.25) is 0 Å². The second-order valence-electron chi connectivity index (χ2n) is 4.27. The molecule has 0 radical (unpaired) electrons. The fourth-order valence-corrected chi connectivity index (χ4v) is 2.62. The molecule has 1 aliphatic heterocycles. The normalized spacial score (nSPS) is 13.6. The number of carboxylic acids is 1. The molecule has 0 unspecified atom stereocenters. The molecule has 5 heteroatoms. The molecule has 18 heavy (non-hydrogen) atoms. The minimum atomic E-state index is -0.973. The van der Waals surface area contributed by atoms with Crippen molar-refractivity contribution >= 4 is 17.6 Å². The SMILES string of the molecule is O=C(O)c1nc(-c2ccccc2Cl)n2c1CCC2. The maximum absolute atomic E-state index is 11.2. The van der Waals surface area contributed by atoms with Crippen LogP contribution >= 0.6 is 11.6 Å². The Morgan fingerprint density at radius 3 is 2.89 bits per heavy atom. The van der Waals surface area contributed by atoms with Gasteiger partial charge in [-0.1, -0.05) is 23.7 Å². The van der Waals surface area contributed by atoms with Gasteiger partial charge in [0.05, 0.1) is 10.7 Å². The Hall–Kier alpha value is -1.81. The average molecular weight is 263 g/mol. The van der Waals surface area contributed by atoms with Gasteiger partial charge in [0.25, 0.3) is 0 Å². The number of imidazole rings is 1. The molecule has 0 atom stereocenters. The van der Waals surface area contributed by atoms with E-state index in [-0.39, 0.29) is 5.69 Å². The molecule has 0 spiro atoms. The van der Waals surface area contributed by atoms with E-state index >= 15 is 0 Å². The van der Waals surface area contributed by atoms with E-state index in [1.54, 1.807) is 6.07 Å². The lowest BCUT2D eigenvalue weighted by atomic mass is 10.2. The van der Waals surface area contributed by atoms with Crippen molar-refractivity contribution in [2.45, 2.75) is 19.4 Å². The van der Waals surface area contributed by atoms with Gasteiger partial charge in [-0.15, -0.1) is 0 Å². The first-order valence-electron chi connectivity index (χ1n) is 5.76. The molecule has 1 aromatic carbocycles. The summed E-state index contributed by atoms with van der Waals surface area (Å²) in [6, 6.07) is 7.37. The van der Waals surface area contributed by atoms with Crippen molar-refractivity contribution in [3.8, 4) is 11.4 Å². The van der Waals surface area contributed by atoms with Crippen LogP contribution in [0.25, 0.3) is 11.4 Å². The number of carboxylic acid groups (broad SMARTS) is 1. The fourth-order valence-electron chi connectivity index (χ4n) is 2.40. The van der Waals surface area contributed by atoms with Gasteiger partial charge in [-0.05, 0) is 25.0 Å². The second-order valence-corrected chi connectivity index (χ2v) is 4.68. The molecule has 1 aliphatic rings. The van der Waals surface area contributed by atoms with Crippen molar-refractivity contribution < 1.29 is 9.90 Å². The molecule has 0 amide bonds. The van der Waals surface area contributed by atoms with Crippen molar-refractivity contribution in [3.63, 3.8) is 0 Å². The van der Waals surface area contributed by atoms with Crippen LogP contribution in [0.1, 0.15) is 22.6 Å². The zero-order valence-electron chi connectivity index (χ0n) is 9.56. The third-order valence-corrected chi connectivity index (χ3v) is 3.51. The van der Waals surface area contributed by atoms with Gasteiger partial charge in [-0.25, -0.2) is 9.78 Å². The van der Waals surface area contributed by atoms with Crippen LogP contribution in [0.15, 0.2) is 24.3 Å². The summed E-state index contributed by atoms with van der Waals surface area (Å²) in [4.78, 5) is 15.4. The molecule has 0 saturated heterocycles. The van der Waals surface area contributed by atoms with Crippen LogP contribution in [-0.2, 0) is 13.0 Å². The number of nitrogens with zero attached hydrogens (tertiary/aromatic N) is 2. The van der Waals surface area contributed by atoms with Crippen molar-refractivity contribution in [1.82, 2.24) is 9.55 Å². The number of rotatable bonds is 2. The number of aromatic carboxylic acids is 1. The monoisotopic (exact) mass is 262 g/mol. The average Bonchev–Trinajstić information content (AvgIpc) is 2.90. The Morgan fingerprint density at radius 2 is 2.17 bits per heavy atom. The highest BCUT2D eigenvalue weighted by Crippen LogP contribution is 2.32. The first-order chi connectivity index (χ1) is 8.68. The lowest BCUT2D eigenvalue weighted by molar-refractivity contribution is 0.0690. The summed E-state index contributed by atoms with van der Waals surface area (Å²) in [5.74, 6) is -0.315. The standard InChI is InChI=1S/C13H11ClN2O2/c14-9-5-2-1-4-8(9)12-15-11(13(17)18)10-6-3-7-16(10)12/h1-2,4-5H,3,6-7H2,(H,17,18). The second kappa shape index (κ2) is 4.14. The third-order valence-electron chi connectivity index (χ3n) is 3.19. The summed E-state index contributed by atoms with van der Waals surface area (Å²) in [6.45, 7) is 0.802. The number of aromatic nitrogens is 2. The van der Waals surface area contributed by atoms with Crippen LogP contribution in [-0.4, -0.2) is 20.6 Å². The highest BCUT2D eigenvalue weighted by molar-refractivity contribution is 6.33. The van der Waals surface area contributed by atoms with E-state index in [2.05, 4.69) is 4.98 Å². The van der Waals surface area contributed by atoms with Gasteiger partial charge in [-0.3, -0.25) is 0 Å². The van der Waals surface area contributed by atoms with E-state index in [1.165, 1.54) is 0 Å². The van der Waals surface area contributed by atoms with Crippen molar-refractivity contribution in [2.75, 3.05) is 0 Å². The fraction of sp³-hybridized carbons (Fsp3) is 0.231. The van der Waals surface area contributed by atoms with Crippen molar-refractivity contribution in [2.24, 2.45) is 0 Å². The molecule has 0 saturated carbocycles. The minimum Gasteiger partial charge on any atom is -0.476 e. The molecule has 2 aromatic rings. The summed E-state index contributed by atoms with van der Waals surface area (Å²) in [6.07, 6.45) is 1.72. The van der Waals surface area contributed by atoms with Gasteiger partial charge < -0.3 is 9.67 Å². The Bertz CT molecular complexity index is 634. The maximum Gasteiger partial charge on any atom is 0.356 e. The lowest BCUT2D eigenvalue weighted by Crippen LogP contribution is -2.00. The summed E-state index contributed by atoms with van der Waals surface area (Å²) in [7, 11) is 0. The van der Waals surface area contributed by atoms with E-state index < -0.39 is 5.97 Å². The highest BCUT2D eigenvalue weighted by Gasteiger charge is 2.26. The van der Waals surface area contributed by atoms with Crippen LogP contribution < -0.4 is 0 Å². The molecule has 0 bridgehead atoms. The van der Waals surface area contributed by atoms with Crippen molar-refractivity contribution in [1.29, 1.82) is 0 Å². The number of benzene rings is 1. The number of carbonyl (C=O) groups is 1. The summed E-state index contributed by atoms with van der Waals surface area (Å²) in [5.41, 5.74) is 1.75. The smallest absolute Gasteiger partial charge is 0.356 e. The van der Waals surface area contributed by atoms with Crippen LogP contribution in [0.5, 0.6) is 0 Å². The van der Waals surface area contributed by atoms with E-state index in [4.69, 9.17) is 16.7 Å². The van der Waals surface area contributed by atoms with Crippen LogP contribution in [0.4, 0.5) is 0 Å². The minimum absolute atomic E-state index is 0.155. The highest BCUT2D eigenvalue weighted by atomic mass is 35.5. The molecule has 0 fully saturated rings. The molecule has 3 rings (SSSR count). The van der Waals surface area contributed by atoms with Gasteiger partial charge in [0.1, 0.15) is 5.82 Å². The predicted octanol–water partition coefficient (Wildman–Crippen LogP) is 2.85. The first kappa shape index (κ1) is 11.3. The van der Waals surface area contributed by atoms with E-state index in [0.29, 0.717) is 10.8 Å². The molecule has 0 aliphatic carbocycles. The third kappa shape index (κ3) is 1.61. The van der Waals surface area contributed by atoms with E-state index in [9.17, 15) is 4.79 Å². The number of hydrogen-bond acceptors (Lipinski definition) is 2. The molecule has 92 valence electrons. The Morgan fingerprint density at radius 1 is 1.39 bits per heavy atom. The molecule has 1 aromatic heterocycles. The van der Waals surface area contributed by atoms with Crippen LogP contribution in [0.3, 0.4) is 0 Å². The topological polar surface area (TPSA) is 55.1 Å². The Labute approximate surface area is 109 Å². The van der Waals surface area contributed by atoms with Crippen molar-refractivity contribution in [3.05, 3.63) is 40.7 Å². The zero-order chi connectivity index (χ0) is 12.7. The Kier molecular flexibility index (Phi) is 2.59. The molecular weight excluding hydrogens is 252 g/mol. The number of hydrogen-bond donors (Lipinski definition) is 1. The van der Waals surface area contributed by atoms with Gasteiger partial charge in [-0.2, -0.15) is 0 Å². The largest absolute Gasteiger partial charge is 0.476 e. The predicted molar refractivity (Wildman–Crippen MR) is 68.0 cm³/mol. The van der Waals surface area contributed by atoms with Crippen LogP contribution in [0.2, 0.25) is 5.02 Å². The van der Waals surface area contributed by atoms with Gasteiger partial charge >= 0.3 is 5.97 Å². The summed E-state index contributed by atoms with van der Waals surface area (Å²) in [5, 5.41) is 9.76. The lowest BCUT2D eigenvalue weighted by Gasteiger charge is -2.05. The number of halogens is 1. The maximum atomic E-state index is 11.2. The quantitative estimate of drug-likeness (QED) is 0.905. The molecule has 4 nitrogen and oxygen atoms in total. The first-order valence-corrected chi connectivity index (χ1v) is 6.14. The molecule has 1 N–H and O–H groups in total. The molecular formula is C13H11ClN2O2. The van der Waals surface area contributed by atoms with Crippen LogP contribution in [0, 0.1) is 0 Å². The summed E-state index contributed by atoms with van der Waals surface area (Å²) >= 11 is 6.15. The van der Waals surface area contributed by atoms with Gasteiger partial charge in [0.15, 0.2) is 5.69 Å².